The second-order valence-electron chi connectivity index (χ2n) is 9.77. The lowest BCUT2D eigenvalue weighted by Gasteiger charge is -2.24. The molecule has 1 aromatic heterocycles. The molecule has 5 rings (SSSR count). The molecule has 0 spiro atoms. The first-order chi connectivity index (χ1) is 20.4. The monoisotopic (exact) mass is 590 g/mol. The van der Waals surface area contributed by atoms with Gasteiger partial charge in [0.25, 0.3) is 0 Å². The summed E-state index contributed by atoms with van der Waals surface area (Å²) in [5.74, 6) is 0.936. The zero-order valence-corrected chi connectivity index (χ0v) is 24.4. The van der Waals surface area contributed by atoms with Crippen molar-refractivity contribution in [3.8, 4) is 28.4 Å². The second-order valence-corrected chi connectivity index (χ2v) is 11.7. The quantitative estimate of drug-likeness (QED) is 0.253. The Morgan fingerprint density at radius 3 is 2.55 bits per heavy atom. The number of amides is 1. The number of carbonyl (C=O) groups excluding carboxylic acids is 1. The topological polar surface area (TPSA) is 112 Å². The van der Waals surface area contributed by atoms with E-state index in [0.29, 0.717) is 30.4 Å². The molecule has 1 atom stereocenters. The molecule has 0 bridgehead atoms. The summed E-state index contributed by atoms with van der Waals surface area (Å²) >= 11 is 0. The molecular formula is C31H34N4O6S. The van der Waals surface area contributed by atoms with Gasteiger partial charge in [0.15, 0.2) is 0 Å². The lowest BCUT2D eigenvalue weighted by Crippen LogP contribution is -2.42. The molecule has 1 N–H and O–H groups in total. The van der Waals surface area contributed by atoms with E-state index < -0.39 is 22.5 Å². The predicted octanol–water partition coefficient (Wildman–Crippen LogP) is 4.76. The number of nitrogens with zero attached hydrogens (tertiary/aromatic N) is 3. The number of sulfonamides is 1. The van der Waals surface area contributed by atoms with Gasteiger partial charge in [-0.1, -0.05) is 36.4 Å². The minimum absolute atomic E-state index is 0.0574. The van der Waals surface area contributed by atoms with Gasteiger partial charge in [0, 0.05) is 31.0 Å². The summed E-state index contributed by atoms with van der Waals surface area (Å²) in [5.41, 5.74) is 2.25. The summed E-state index contributed by atoms with van der Waals surface area (Å²) in [6, 6.07) is 23.2. The fourth-order valence-corrected chi connectivity index (χ4v) is 6.22. The molecule has 1 fully saturated rings. The Bertz CT molecular complexity index is 1600. The standard InChI is InChI=1S/C31H34N4O6S/c1-3-40-26-12-7-11-24(19-26)35-21-29(23-9-5-4-6-10-23)32-31(35)33-30(36)22-34(20-27-13-8-18-41-27)42(37,38)28-16-14-25(39-2)15-17-28/h4-7,9-12,14-17,19,21,27H,3,8,13,18,20,22H2,1-2H3,(H,32,33,36). The fourth-order valence-electron chi connectivity index (χ4n) is 4.79. The summed E-state index contributed by atoms with van der Waals surface area (Å²) < 4.78 is 46.9. The average Bonchev–Trinajstić information content (AvgIpc) is 3.68. The van der Waals surface area contributed by atoms with E-state index in [0.717, 1.165) is 24.1 Å². The molecule has 42 heavy (non-hydrogen) atoms. The Labute approximate surface area is 245 Å². The highest BCUT2D eigenvalue weighted by atomic mass is 32.2. The highest BCUT2D eigenvalue weighted by molar-refractivity contribution is 7.89. The van der Waals surface area contributed by atoms with Gasteiger partial charge in [0.05, 0.1) is 42.6 Å². The summed E-state index contributed by atoms with van der Waals surface area (Å²) in [6.07, 6.45) is 3.10. The van der Waals surface area contributed by atoms with Crippen LogP contribution in [-0.2, 0) is 19.6 Å². The molecule has 1 aliphatic rings. The Balaban J connectivity index is 1.44. The van der Waals surface area contributed by atoms with Crippen LogP contribution in [0.4, 0.5) is 5.95 Å². The maximum atomic E-state index is 13.7. The van der Waals surface area contributed by atoms with Crippen LogP contribution in [0.3, 0.4) is 0 Å². The summed E-state index contributed by atoms with van der Waals surface area (Å²) in [7, 11) is -2.51. The van der Waals surface area contributed by atoms with Crippen molar-refractivity contribution in [1.82, 2.24) is 13.9 Å². The largest absolute Gasteiger partial charge is 0.497 e. The minimum Gasteiger partial charge on any atom is -0.497 e. The van der Waals surface area contributed by atoms with E-state index in [9.17, 15) is 13.2 Å². The molecule has 11 heteroatoms. The van der Waals surface area contributed by atoms with E-state index in [-0.39, 0.29) is 23.5 Å². The number of benzene rings is 3. The third-order valence-corrected chi connectivity index (χ3v) is 8.71. The highest BCUT2D eigenvalue weighted by Gasteiger charge is 2.31. The van der Waals surface area contributed by atoms with Crippen LogP contribution in [0, 0.1) is 0 Å². The molecule has 10 nitrogen and oxygen atoms in total. The molecule has 1 unspecified atom stereocenters. The average molecular weight is 591 g/mol. The van der Waals surface area contributed by atoms with Crippen molar-refractivity contribution in [2.24, 2.45) is 0 Å². The number of aromatic nitrogens is 2. The molecule has 1 aliphatic heterocycles. The van der Waals surface area contributed by atoms with Crippen molar-refractivity contribution in [2.45, 2.75) is 30.8 Å². The normalized spacial score (nSPS) is 15.1. The lowest BCUT2D eigenvalue weighted by molar-refractivity contribution is -0.116. The number of nitrogens with one attached hydrogen (secondary N) is 1. The molecule has 0 saturated carbocycles. The molecule has 4 aromatic rings. The number of methoxy groups -OCH3 is 1. The summed E-state index contributed by atoms with van der Waals surface area (Å²) in [4.78, 5) is 18.3. The van der Waals surface area contributed by atoms with Gasteiger partial charge >= 0.3 is 0 Å². The van der Waals surface area contributed by atoms with E-state index >= 15 is 0 Å². The van der Waals surface area contributed by atoms with Crippen LogP contribution in [-0.4, -0.2) is 67.7 Å². The van der Waals surface area contributed by atoms with Gasteiger partial charge < -0.3 is 14.2 Å². The number of imidazole rings is 1. The Hall–Kier alpha value is -4.19. The highest BCUT2D eigenvalue weighted by Crippen LogP contribution is 2.27. The van der Waals surface area contributed by atoms with E-state index in [1.807, 2.05) is 67.7 Å². The first-order valence-electron chi connectivity index (χ1n) is 13.8. The summed E-state index contributed by atoms with van der Waals surface area (Å²) in [6.45, 7) is 2.62. The van der Waals surface area contributed by atoms with Gasteiger partial charge in [-0.05, 0) is 56.2 Å². The maximum absolute atomic E-state index is 13.7. The Morgan fingerprint density at radius 2 is 1.86 bits per heavy atom. The van der Waals surface area contributed by atoms with Gasteiger partial charge in [0.2, 0.25) is 21.9 Å². The van der Waals surface area contributed by atoms with Crippen LogP contribution in [0.15, 0.2) is 90.0 Å². The molecule has 1 amide bonds. The van der Waals surface area contributed by atoms with Crippen LogP contribution in [0.25, 0.3) is 16.9 Å². The maximum Gasteiger partial charge on any atom is 0.243 e. The van der Waals surface area contributed by atoms with Crippen LogP contribution in [0.1, 0.15) is 19.8 Å². The first-order valence-corrected chi connectivity index (χ1v) is 15.2. The van der Waals surface area contributed by atoms with E-state index in [1.54, 1.807) is 16.7 Å². The van der Waals surface area contributed by atoms with E-state index in [2.05, 4.69) is 5.32 Å². The molecule has 2 heterocycles. The third kappa shape index (κ3) is 6.81. The smallest absolute Gasteiger partial charge is 0.243 e. The Kier molecular flexibility index (Phi) is 9.21. The molecule has 0 aliphatic carbocycles. The van der Waals surface area contributed by atoms with Crippen molar-refractivity contribution in [2.75, 3.05) is 38.7 Å². The summed E-state index contributed by atoms with van der Waals surface area (Å²) in [5, 5.41) is 2.85. The van der Waals surface area contributed by atoms with Crippen molar-refractivity contribution < 1.29 is 27.4 Å². The van der Waals surface area contributed by atoms with Gasteiger partial charge in [-0.25, -0.2) is 13.4 Å². The second kappa shape index (κ2) is 13.2. The molecule has 1 saturated heterocycles. The molecule has 3 aromatic carbocycles. The number of hydrogen-bond acceptors (Lipinski definition) is 7. The number of carbonyl (C=O) groups is 1. The fraction of sp³-hybridized carbons (Fsp3) is 0.290. The zero-order chi connectivity index (χ0) is 29.5. The number of rotatable bonds is 12. The van der Waals surface area contributed by atoms with E-state index in [4.69, 9.17) is 19.2 Å². The van der Waals surface area contributed by atoms with E-state index in [1.165, 1.54) is 23.5 Å². The lowest BCUT2D eigenvalue weighted by atomic mass is 10.2. The number of ether oxygens (including phenoxy) is 3. The van der Waals surface area contributed by atoms with Gasteiger partial charge in [0.1, 0.15) is 11.5 Å². The Morgan fingerprint density at radius 1 is 1.07 bits per heavy atom. The minimum atomic E-state index is -4.02. The van der Waals surface area contributed by atoms with Crippen molar-refractivity contribution >= 4 is 21.9 Å². The van der Waals surface area contributed by atoms with Crippen LogP contribution >= 0.6 is 0 Å². The number of anilines is 1. The van der Waals surface area contributed by atoms with Crippen molar-refractivity contribution in [3.63, 3.8) is 0 Å². The van der Waals surface area contributed by atoms with Crippen LogP contribution in [0.2, 0.25) is 0 Å². The van der Waals surface area contributed by atoms with Crippen molar-refractivity contribution in [1.29, 1.82) is 0 Å². The van der Waals surface area contributed by atoms with Crippen molar-refractivity contribution in [3.05, 3.63) is 85.1 Å². The van der Waals surface area contributed by atoms with Gasteiger partial charge in [-0.15, -0.1) is 0 Å². The predicted molar refractivity (Wildman–Crippen MR) is 160 cm³/mol. The van der Waals surface area contributed by atoms with Gasteiger partial charge in [-0.2, -0.15) is 4.31 Å². The SMILES string of the molecule is CCOc1cccc(-n2cc(-c3ccccc3)nc2NC(=O)CN(CC2CCCO2)S(=O)(=O)c2ccc(OC)cc2)c1. The van der Waals surface area contributed by atoms with Gasteiger partial charge in [-0.3, -0.25) is 14.7 Å². The molecule has 0 radical (unpaired) electrons. The zero-order valence-electron chi connectivity index (χ0n) is 23.6. The number of hydrogen-bond donors (Lipinski definition) is 1. The molecular weight excluding hydrogens is 556 g/mol. The van der Waals surface area contributed by atoms with Crippen LogP contribution < -0.4 is 14.8 Å². The third-order valence-electron chi connectivity index (χ3n) is 6.88. The molecule has 220 valence electrons. The van der Waals surface area contributed by atoms with Crippen LogP contribution in [0.5, 0.6) is 11.5 Å². The first kappa shape index (κ1) is 29.3.